The SMILES string of the molecule is COc1nc2c3c(nc(C)c(F)c3n1)OC[C@H](C)N2CC(F)F.FC1CC2CCCN2C1. The second-order valence-electron chi connectivity index (χ2n) is 8.40. The molecule has 2 unspecified atom stereocenters. The molecule has 7 nitrogen and oxygen atoms in total. The molecule has 0 bridgehead atoms. The summed E-state index contributed by atoms with van der Waals surface area (Å²) in [6.07, 6.45) is 0.228. The van der Waals surface area contributed by atoms with E-state index in [0.29, 0.717) is 12.6 Å². The number of nitrogens with zero attached hydrogens (tertiary/aromatic N) is 5. The number of aromatic nitrogens is 3. The fourth-order valence-corrected chi connectivity index (χ4v) is 4.56. The van der Waals surface area contributed by atoms with E-state index < -0.39 is 31.0 Å². The van der Waals surface area contributed by atoms with Crippen LogP contribution in [0.5, 0.6) is 11.9 Å². The third-order valence-corrected chi connectivity index (χ3v) is 6.12. The first kappa shape index (κ1) is 22.8. The van der Waals surface area contributed by atoms with Gasteiger partial charge in [0.1, 0.15) is 29.5 Å². The molecular weight excluding hydrogens is 430 g/mol. The van der Waals surface area contributed by atoms with Crippen LogP contribution in [0.2, 0.25) is 0 Å². The zero-order chi connectivity index (χ0) is 23.0. The molecule has 11 heteroatoms. The molecule has 2 aromatic rings. The van der Waals surface area contributed by atoms with Gasteiger partial charge in [0.2, 0.25) is 5.88 Å². The average Bonchev–Trinajstić information content (AvgIpc) is 3.30. The number of alkyl halides is 3. The third-order valence-electron chi connectivity index (χ3n) is 6.12. The van der Waals surface area contributed by atoms with E-state index in [1.807, 2.05) is 0 Å². The maximum atomic E-state index is 14.4. The Hall–Kier alpha value is -2.43. The normalized spacial score (nSPS) is 24.8. The molecule has 32 heavy (non-hydrogen) atoms. The fraction of sp³-hybridized carbons (Fsp3) is 0.667. The van der Waals surface area contributed by atoms with Crippen LogP contribution in [0.4, 0.5) is 23.4 Å². The molecule has 176 valence electrons. The van der Waals surface area contributed by atoms with Crippen molar-refractivity contribution in [3.05, 3.63) is 11.5 Å². The number of hydrogen-bond donors (Lipinski definition) is 0. The minimum Gasteiger partial charge on any atom is -0.475 e. The first-order valence-corrected chi connectivity index (χ1v) is 10.8. The summed E-state index contributed by atoms with van der Waals surface area (Å²) >= 11 is 0. The van der Waals surface area contributed by atoms with Crippen LogP contribution in [0.25, 0.3) is 10.9 Å². The minimum atomic E-state index is -2.58. The monoisotopic (exact) mass is 457 g/mol. The Morgan fingerprint density at radius 1 is 1.25 bits per heavy atom. The highest BCUT2D eigenvalue weighted by Gasteiger charge is 2.35. The van der Waals surface area contributed by atoms with Gasteiger partial charge in [-0.05, 0) is 39.7 Å². The van der Waals surface area contributed by atoms with Gasteiger partial charge in [-0.15, -0.1) is 0 Å². The molecule has 3 aliphatic rings. The standard InChI is InChI=1S/C14H15F3N4O2.C7H12FN/c1-6-5-23-13-9-11(10(17)7(2)18-13)19-14(22-3)20-12(9)21(6)4-8(15)16;8-6-4-7-2-1-3-9(7)5-6/h6,8H,4-5H2,1-3H3;6-7H,1-5H2/t6-;/m0./s1. The fourth-order valence-electron chi connectivity index (χ4n) is 4.56. The lowest BCUT2D eigenvalue weighted by Gasteiger charge is -2.28. The summed E-state index contributed by atoms with van der Waals surface area (Å²) in [5.74, 6) is -0.375. The van der Waals surface area contributed by atoms with Crippen molar-refractivity contribution in [1.29, 1.82) is 0 Å². The number of anilines is 1. The highest BCUT2D eigenvalue weighted by atomic mass is 19.3. The summed E-state index contributed by atoms with van der Waals surface area (Å²) in [5, 5.41) is 0.180. The van der Waals surface area contributed by atoms with E-state index in [1.54, 1.807) is 6.92 Å². The summed E-state index contributed by atoms with van der Waals surface area (Å²) in [5.41, 5.74) is 0.0527. The van der Waals surface area contributed by atoms with Crippen LogP contribution in [-0.4, -0.2) is 77.9 Å². The van der Waals surface area contributed by atoms with Gasteiger partial charge in [-0.1, -0.05) is 0 Å². The van der Waals surface area contributed by atoms with E-state index in [-0.39, 0.29) is 40.9 Å². The van der Waals surface area contributed by atoms with Gasteiger partial charge in [0.25, 0.3) is 6.43 Å². The molecule has 0 saturated carbocycles. The number of hydrogen-bond acceptors (Lipinski definition) is 7. The second kappa shape index (κ2) is 9.21. The first-order chi connectivity index (χ1) is 15.3. The molecule has 2 fully saturated rings. The Balaban J connectivity index is 0.000000225. The van der Waals surface area contributed by atoms with E-state index >= 15 is 0 Å². The Labute approximate surface area is 183 Å². The van der Waals surface area contributed by atoms with Crippen molar-refractivity contribution in [2.45, 2.75) is 57.8 Å². The Bertz CT molecular complexity index is 967. The van der Waals surface area contributed by atoms with E-state index in [4.69, 9.17) is 9.47 Å². The highest BCUT2D eigenvalue weighted by Crippen LogP contribution is 2.38. The quantitative estimate of drug-likeness (QED) is 0.654. The highest BCUT2D eigenvalue weighted by molar-refractivity contribution is 5.95. The maximum absolute atomic E-state index is 14.4. The lowest BCUT2D eigenvalue weighted by Crippen LogP contribution is -2.40. The van der Waals surface area contributed by atoms with Crippen LogP contribution < -0.4 is 14.4 Å². The molecule has 3 aliphatic heterocycles. The average molecular weight is 457 g/mol. The summed E-state index contributed by atoms with van der Waals surface area (Å²) in [6.45, 7) is 4.62. The van der Waals surface area contributed by atoms with Crippen molar-refractivity contribution in [3.8, 4) is 11.9 Å². The number of ether oxygens (including phenoxy) is 2. The van der Waals surface area contributed by atoms with Crippen molar-refractivity contribution in [2.24, 2.45) is 0 Å². The van der Waals surface area contributed by atoms with Crippen molar-refractivity contribution in [3.63, 3.8) is 0 Å². The number of aryl methyl sites for hydroxylation is 1. The molecule has 3 atom stereocenters. The third kappa shape index (κ3) is 4.39. The lowest BCUT2D eigenvalue weighted by molar-refractivity contribution is 0.149. The molecule has 0 amide bonds. The predicted molar refractivity (Wildman–Crippen MR) is 111 cm³/mol. The van der Waals surface area contributed by atoms with Crippen LogP contribution in [0.3, 0.4) is 0 Å². The molecule has 0 spiro atoms. The smallest absolute Gasteiger partial charge is 0.318 e. The number of methoxy groups -OCH3 is 1. The summed E-state index contributed by atoms with van der Waals surface area (Å²) < 4.78 is 63.5. The lowest BCUT2D eigenvalue weighted by atomic mass is 10.1. The zero-order valence-corrected chi connectivity index (χ0v) is 18.3. The minimum absolute atomic E-state index is 0.0530. The van der Waals surface area contributed by atoms with Gasteiger partial charge in [0.05, 0.1) is 25.4 Å². The van der Waals surface area contributed by atoms with E-state index in [0.717, 1.165) is 13.0 Å². The van der Waals surface area contributed by atoms with Gasteiger partial charge in [0.15, 0.2) is 5.82 Å². The molecule has 5 heterocycles. The topological polar surface area (TPSA) is 63.6 Å². The van der Waals surface area contributed by atoms with Crippen LogP contribution in [-0.2, 0) is 0 Å². The molecule has 0 radical (unpaired) electrons. The van der Waals surface area contributed by atoms with Crippen LogP contribution >= 0.6 is 0 Å². The molecule has 0 aliphatic carbocycles. The maximum Gasteiger partial charge on any atom is 0.318 e. The van der Waals surface area contributed by atoms with Gasteiger partial charge < -0.3 is 14.4 Å². The van der Waals surface area contributed by atoms with E-state index in [9.17, 15) is 17.6 Å². The van der Waals surface area contributed by atoms with Crippen molar-refractivity contribution in [2.75, 3.05) is 38.3 Å². The molecule has 2 saturated heterocycles. The number of halogens is 4. The van der Waals surface area contributed by atoms with Gasteiger partial charge in [-0.2, -0.15) is 9.97 Å². The summed E-state index contributed by atoms with van der Waals surface area (Å²) in [7, 11) is 1.33. The van der Waals surface area contributed by atoms with E-state index in [2.05, 4.69) is 19.9 Å². The van der Waals surface area contributed by atoms with Gasteiger partial charge in [-0.3, -0.25) is 4.90 Å². The molecule has 0 N–H and O–H groups in total. The van der Waals surface area contributed by atoms with Crippen molar-refractivity contribution >= 4 is 16.7 Å². The van der Waals surface area contributed by atoms with Crippen LogP contribution in [0.15, 0.2) is 0 Å². The van der Waals surface area contributed by atoms with Gasteiger partial charge >= 0.3 is 6.01 Å². The van der Waals surface area contributed by atoms with Crippen molar-refractivity contribution < 1.29 is 27.0 Å². The second-order valence-corrected chi connectivity index (χ2v) is 8.40. The van der Waals surface area contributed by atoms with Gasteiger partial charge in [0, 0.05) is 12.6 Å². The molecule has 2 aromatic heterocycles. The van der Waals surface area contributed by atoms with Gasteiger partial charge in [-0.25, -0.2) is 22.5 Å². The summed E-state index contributed by atoms with van der Waals surface area (Å²) in [4.78, 5) is 15.8. The van der Waals surface area contributed by atoms with Crippen LogP contribution in [0.1, 0.15) is 31.9 Å². The van der Waals surface area contributed by atoms with Crippen molar-refractivity contribution in [1.82, 2.24) is 19.9 Å². The number of pyridine rings is 1. The van der Waals surface area contributed by atoms with Crippen LogP contribution in [0, 0.1) is 12.7 Å². The Morgan fingerprint density at radius 2 is 2.03 bits per heavy atom. The predicted octanol–water partition coefficient (Wildman–Crippen LogP) is 3.53. The molecule has 0 aromatic carbocycles. The number of rotatable bonds is 3. The Morgan fingerprint density at radius 3 is 2.72 bits per heavy atom. The summed E-state index contributed by atoms with van der Waals surface area (Å²) in [6, 6.07) is 0.112. The molecule has 5 rings (SSSR count). The first-order valence-electron chi connectivity index (χ1n) is 10.8. The molecular formula is C21H27F4N5O2. The number of fused-ring (bicyclic) bond motifs is 1. The zero-order valence-electron chi connectivity index (χ0n) is 18.3. The Kier molecular flexibility index (Phi) is 6.55. The van der Waals surface area contributed by atoms with E-state index in [1.165, 1.54) is 31.8 Å². The largest absolute Gasteiger partial charge is 0.475 e.